The highest BCUT2D eigenvalue weighted by Gasteiger charge is 2.24. The second-order valence-corrected chi connectivity index (χ2v) is 11.0. The number of aromatic nitrogens is 4. The predicted molar refractivity (Wildman–Crippen MR) is 147 cm³/mol. The Morgan fingerprint density at radius 2 is 1.82 bits per heavy atom. The minimum absolute atomic E-state index is 0.0349. The van der Waals surface area contributed by atoms with E-state index in [4.69, 9.17) is 16.3 Å². The van der Waals surface area contributed by atoms with Crippen LogP contribution >= 0.6 is 11.6 Å². The molecule has 1 aliphatic heterocycles. The molecule has 10 nitrogen and oxygen atoms in total. The van der Waals surface area contributed by atoms with E-state index in [2.05, 4.69) is 41.7 Å². The second-order valence-electron chi connectivity index (χ2n) is 8.92. The third-order valence-corrected chi connectivity index (χ3v) is 8.05. The summed E-state index contributed by atoms with van der Waals surface area (Å²) in [6.45, 7) is 5.55. The number of aromatic amines is 1. The van der Waals surface area contributed by atoms with Crippen molar-refractivity contribution in [2.75, 3.05) is 42.8 Å². The number of rotatable bonds is 8. The molecule has 2 aromatic heterocycles. The van der Waals surface area contributed by atoms with E-state index >= 15 is 0 Å². The van der Waals surface area contributed by atoms with Gasteiger partial charge in [0.25, 0.3) is 10.0 Å². The number of sulfonamides is 1. The zero-order valence-corrected chi connectivity index (χ0v) is 22.6. The Bertz CT molecular complexity index is 1510. The first-order chi connectivity index (χ1) is 18.4. The van der Waals surface area contributed by atoms with Gasteiger partial charge in [-0.1, -0.05) is 54.9 Å². The van der Waals surface area contributed by atoms with E-state index in [-0.39, 0.29) is 16.7 Å². The van der Waals surface area contributed by atoms with Crippen molar-refractivity contribution in [3.63, 3.8) is 0 Å². The fourth-order valence-electron chi connectivity index (χ4n) is 4.29. The van der Waals surface area contributed by atoms with Crippen molar-refractivity contribution in [1.82, 2.24) is 25.1 Å². The van der Waals surface area contributed by atoms with E-state index in [0.717, 1.165) is 43.0 Å². The second kappa shape index (κ2) is 11.0. The summed E-state index contributed by atoms with van der Waals surface area (Å²) in [6, 6.07) is 15.1. The molecule has 0 amide bonds. The maximum absolute atomic E-state index is 12.9. The molecule has 0 atom stereocenters. The van der Waals surface area contributed by atoms with Crippen LogP contribution in [0.25, 0.3) is 11.3 Å². The number of likely N-dealkylation sites (N-methyl/N-ethyl adjacent to an activating group) is 1. The summed E-state index contributed by atoms with van der Waals surface area (Å²) < 4.78 is 34.6. The number of ether oxygens (including phenoxy) is 1. The van der Waals surface area contributed by atoms with Crippen LogP contribution in [-0.4, -0.2) is 66.7 Å². The average molecular weight is 554 g/mol. The molecule has 0 unspecified atom stereocenters. The lowest BCUT2D eigenvalue weighted by atomic mass is 10.1. The molecule has 0 aliphatic carbocycles. The van der Waals surface area contributed by atoms with E-state index in [0.29, 0.717) is 22.9 Å². The fourth-order valence-corrected chi connectivity index (χ4v) is 5.42. The monoisotopic (exact) mass is 553 g/mol. The van der Waals surface area contributed by atoms with Crippen molar-refractivity contribution in [3.8, 4) is 22.9 Å². The first kappa shape index (κ1) is 26.0. The van der Waals surface area contributed by atoms with Gasteiger partial charge in [-0.05, 0) is 25.6 Å². The molecule has 4 aromatic rings. The summed E-state index contributed by atoms with van der Waals surface area (Å²) in [5.41, 5.74) is 2.98. The third-order valence-electron chi connectivity index (χ3n) is 6.37. The zero-order valence-electron chi connectivity index (χ0n) is 21.1. The molecule has 0 saturated carbocycles. The Morgan fingerprint density at radius 3 is 2.50 bits per heavy atom. The van der Waals surface area contributed by atoms with Crippen LogP contribution in [-0.2, 0) is 16.4 Å². The lowest BCUT2D eigenvalue weighted by Gasteiger charge is -2.34. The number of hydrogen-bond acceptors (Lipinski definition) is 8. The summed E-state index contributed by atoms with van der Waals surface area (Å²) in [5, 5.41) is 6.70. The van der Waals surface area contributed by atoms with Gasteiger partial charge in [-0.25, -0.2) is 18.1 Å². The summed E-state index contributed by atoms with van der Waals surface area (Å²) in [6.07, 6.45) is 3.04. The predicted octanol–water partition coefficient (Wildman–Crippen LogP) is 4.43. The van der Waals surface area contributed by atoms with Crippen LogP contribution in [0.5, 0.6) is 11.6 Å². The number of H-pyrrole nitrogens is 1. The Hall–Kier alpha value is -3.67. The molecule has 38 heavy (non-hydrogen) atoms. The van der Waals surface area contributed by atoms with Gasteiger partial charge in [-0.15, -0.1) is 0 Å². The molecular formula is C26H28ClN7O3S. The summed E-state index contributed by atoms with van der Waals surface area (Å²) >= 11 is 6.85. The maximum Gasteiger partial charge on any atom is 0.267 e. The molecule has 5 rings (SSSR count). The van der Waals surface area contributed by atoms with Crippen molar-refractivity contribution in [1.29, 1.82) is 0 Å². The molecule has 1 fully saturated rings. The normalized spacial score (nSPS) is 14.4. The van der Waals surface area contributed by atoms with Gasteiger partial charge in [-0.3, -0.25) is 5.10 Å². The molecule has 1 aliphatic rings. The van der Waals surface area contributed by atoms with Crippen LogP contribution in [0.15, 0.2) is 65.8 Å². The van der Waals surface area contributed by atoms with Gasteiger partial charge >= 0.3 is 0 Å². The molecule has 0 spiro atoms. The summed E-state index contributed by atoms with van der Waals surface area (Å²) in [7, 11) is -1.87. The molecule has 12 heteroatoms. The van der Waals surface area contributed by atoms with Gasteiger partial charge < -0.3 is 14.5 Å². The average Bonchev–Trinajstić information content (AvgIpc) is 3.47. The highest BCUT2D eigenvalue weighted by Crippen LogP contribution is 2.39. The van der Waals surface area contributed by atoms with Crippen LogP contribution in [0.3, 0.4) is 0 Å². The lowest BCUT2D eigenvalue weighted by molar-refractivity contribution is 0.313. The Balaban J connectivity index is 1.56. The number of nitrogens with one attached hydrogen (secondary N) is 2. The van der Waals surface area contributed by atoms with Crippen LogP contribution in [0.2, 0.25) is 5.02 Å². The van der Waals surface area contributed by atoms with Gasteiger partial charge in [0, 0.05) is 43.5 Å². The van der Waals surface area contributed by atoms with Gasteiger partial charge in [0.05, 0.1) is 17.6 Å². The zero-order chi connectivity index (χ0) is 26.7. The SMILES string of the molecule is CCc1c(Oc2cccc(N3CCN(C)CC3)c2Cl)nc(NS(=O)(=O)c2cn[nH]c2)nc1-c1ccccc1. The Labute approximate surface area is 226 Å². The smallest absolute Gasteiger partial charge is 0.267 e. The molecule has 0 bridgehead atoms. The van der Waals surface area contributed by atoms with Gasteiger partial charge in [0.2, 0.25) is 11.8 Å². The van der Waals surface area contributed by atoms with Crippen molar-refractivity contribution < 1.29 is 13.2 Å². The van der Waals surface area contributed by atoms with Crippen LogP contribution in [0.4, 0.5) is 11.6 Å². The first-order valence-electron chi connectivity index (χ1n) is 12.2. The minimum atomic E-state index is -3.97. The van der Waals surface area contributed by atoms with Crippen LogP contribution in [0, 0.1) is 0 Å². The van der Waals surface area contributed by atoms with E-state index in [1.165, 1.54) is 12.4 Å². The molecule has 3 heterocycles. The summed E-state index contributed by atoms with van der Waals surface area (Å²) in [5.74, 6) is 0.534. The van der Waals surface area contributed by atoms with E-state index in [1.807, 2.05) is 49.4 Å². The van der Waals surface area contributed by atoms with Crippen molar-refractivity contribution >= 4 is 33.3 Å². The highest BCUT2D eigenvalue weighted by atomic mass is 35.5. The third kappa shape index (κ3) is 5.45. The molecule has 0 radical (unpaired) electrons. The number of benzene rings is 2. The molecular weight excluding hydrogens is 526 g/mol. The molecule has 2 aromatic carbocycles. The quantitative estimate of drug-likeness (QED) is 0.329. The summed E-state index contributed by atoms with van der Waals surface area (Å²) in [4.78, 5) is 13.5. The number of hydrogen-bond donors (Lipinski definition) is 2. The van der Waals surface area contributed by atoms with Gasteiger partial charge in [0.1, 0.15) is 15.7 Å². The molecule has 1 saturated heterocycles. The highest BCUT2D eigenvalue weighted by molar-refractivity contribution is 7.92. The van der Waals surface area contributed by atoms with Crippen molar-refractivity contribution in [2.45, 2.75) is 18.2 Å². The number of halogens is 1. The van der Waals surface area contributed by atoms with E-state index in [9.17, 15) is 8.42 Å². The number of piperazine rings is 1. The molecule has 2 N–H and O–H groups in total. The fraction of sp³-hybridized carbons (Fsp3) is 0.269. The topological polar surface area (TPSA) is 116 Å². The van der Waals surface area contributed by atoms with Crippen LogP contribution < -0.4 is 14.4 Å². The van der Waals surface area contributed by atoms with Gasteiger partial charge in [-0.2, -0.15) is 10.1 Å². The number of anilines is 2. The van der Waals surface area contributed by atoms with E-state index < -0.39 is 10.0 Å². The molecule has 198 valence electrons. The lowest BCUT2D eigenvalue weighted by Crippen LogP contribution is -2.44. The largest absolute Gasteiger partial charge is 0.437 e. The standard InChI is InChI=1S/C26H28ClN7O3S/c1-3-20-24(18-8-5-4-6-9-18)30-26(32-38(35,36)19-16-28-29-17-19)31-25(20)37-22-11-7-10-21(23(22)27)34-14-12-33(2)13-15-34/h4-11,16-17H,3,12-15H2,1-2H3,(H,28,29)(H,30,31,32). The van der Waals surface area contributed by atoms with E-state index in [1.54, 1.807) is 6.07 Å². The van der Waals surface area contributed by atoms with Crippen LogP contribution in [0.1, 0.15) is 12.5 Å². The maximum atomic E-state index is 12.9. The Kier molecular flexibility index (Phi) is 7.50. The number of nitrogens with zero attached hydrogens (tertiary/aromatic N) is 5. The minimum Gasteiger partial charge on any atom is -0.437 e. The van der Waals surface area contributed by atoms with Crippen molar-refractivity contribution in [2.24, 2.45) is 0 Å². The first-order valence-corrected chi connectivity index (χ1v) is 14.1. The van der Waals surface area contributed by atoms with Crippen molar-refractivity contribution in [3.05, 3.63) is 71.5 Å². The Morgan fingerprint density at radius 1 is 1.05 bits per heavy atom. The van der Waals surface area contributed by atoms with Gasteiger partial charge in [0.15, 0.2) is 0 Å².